The quantitative estimate of drug-likeness (QED) is 0.568. The van der Waals surface area contributed by atoms with Gasteiger partial charge in [0.2, 0.25) is 0 Å². The number of benzene rings is 2. The van der Waals surface area contributed by atoms with Crippen LogP contribution in [0.2, 0.25) is 0 Å². The van der Waals surface area contributed by atoms with Crippen LogP contribution in [0.1, 0.15) is 5.56 Å². The molecule has 0 spiro atoms. The van der Waals surface area contributed by atoms with E-state index in [4.69, 9.17) is 9.88 Å². The van der Waals surface area contributed by atoms with E-state index in [1.807, 2.05) is 18.3 Å². The minimum atomic E-state index is 0.785. The molecule has 4 nitrogen and oxygen atoms in total. The van der Waals surface area contributed by atoms with E-state index in [0.717, 1.165) is 39.1 Å². The van der Waals surface area contributed by atoms with E-state index >= 15 is 0 Å². The molecule has 0 aliphatic heterocycles. The molecule has 2 aromatic heterocycles. The van der Waals surface area contributed by atoms with Crippen LogP contribution in [0.5, 0.6) is 5.75 Å². The van der Waals surface area contributed by atoms with Crippen LogP contribution in [0.15, 0.2) is 65.7 Å². The average Bonchev–Trinajstić information content (AvgIpc) is 2.96. The van der Waals surface area contributed by atoms with Gasteiger partial charge >= 0.3 is 0 Å². The SMILES string of the molecule is COc1ccc2c(c1)c1ncccc1n2Cc1ccc(SN)cc1. The normalized spacial score (nSPS) is 11.2. The summed E-state index contributed by atoms with van der Waals surface area (Å²) in [6.07, 6.45) is 1.83. The second kappa shape index (κ2) is 6.19. The van der Waals surface area contributed by atoms with Crippen LogP contribution in [0.4, 0.5) is 0 Å². The highest BCUT2D eigenvalue weighted by Gasteiger charge is 2.12. The van der Waals surface area contributed by atoms with E-state index < -0.39 is 0 Å². The zero-order chi connectivity index (χ0) is 16.5. The van der Waals surface area contributed by atoms with E-state index in [-0.39, 0.29) is 0 Å². The molecule has 24 heavy (non-hydrogen) atoms. The molecule has 4 aromatic rings. The predicted molar refractivity (Wildman–Crippen MR) is 99.4 cm³/mol. The van der Waals surface area contributed by atoms with Crippen molar-refractivity contribution in [3.8, 4) is 5.75 Å². The summed E-state index contributed by atoms with van der Waals surface area (Å²) in [5.74, 6) is 0.844. The number of pyridine rings is 1. The number of fused-ring (bicyclic) bond motifs is 3. The third kappa shape index (κ3) is 2.52. The molecule has 4 rings (SSSR count). The molecular formula is C19H17N3OS. The summed E-state index contributed by atoms with van der Waals surface area (Å²) in [7, 11) is 1.69. The second-order valence-electron chi connectivity index (χ2n) is 5.60. The third-order valence-corrected chi connectivity index (χ3v) is 4.77. The minimum Gasteiger partial charge on any atom is -0.497 e. The van der Waals surface area contributed by atoms with E-state index in [1.165, 1.54) is 17.5 Å². The number of rotatable bonds is 4. The molecule has 0 fully saturated rings. The number of hydrogen-bond donors (Lipinski definition) is 1. The lowest BCUT2D eigenvalue weighted by atomic mass is 10.2. The van der Waals surface area contributed by atoms with Crippen LogP contribution in [-0.2, 0) is 6.54 Å². The number of hydrogen-bond acceptors (Lipinski definition) is 4. The van der Waals surface area contributed by atoms with Crippen molar-refractivity contribution in [2.24, 2.45) is 5.14 Å². The molecule has 0 amide bonds. The molecule has 2 heterocycles. The molecule has 0 aliphatic rings. The largest absolute Gasteiger partial charge is 0.497 e. The first kappa shape index (κ1) is 15.1. The summed E-state index contributed by atoms with van der Waals surface area (Å²) in [5.41, 5.74) is 4.51. The zero-order valence-corrected chi connectivity index (χ0v) is 14.1. The van der Waals surface area contributed by atoms with Crippen LogP contribution in [-0.4, -0.2) is 16.7 Å². The number of ether oxygens (including phenoxy) is 1. The van der Waals surface area contributed by atoms with Gasteiger partial charge in [-0.1, -0.05) is 12.1 Å². The van der Waals surface area contributed by atoms with Crippen molar-refractivity contribution in [2.75, 3.05) is 7.11 Å². The maximum absolute atomic E-state index is 5.60. The van der Waals surface area contributed by atoms with Crippen LogP contribution >= 0.6 is 11.9 Å². The fourth-order valence-corrected chi connectivity index (χ4v) is 3.34. The van der Waals surface area contributed by atoms with Crippen molar-refractivity contribution in [3.63, 3.8) is 0 Å². The molecule has 120 valence electrons. The lowest BCUT2D eigenvalue weighted by Crippen LogP contribution is -1.99. The minimum absolute atomic E-state index is 0.785. The van der Waals surface area contributed by atoms with Gasteiger partial charge in [0.05, 0.1) is 23.7 Å². The summed E-state index contributed by atoms with van der Waals surface area (Å²) < 4.78 is 7.67. The standard InChI is InChI=1S/C19H17N3OS/c1-23-14-6-9-17-16(11-14)19-18(3-2-10-21-19)22(17)12-13-4-7-15(24-20)8-5-13/h2-11H,12,20H2,1H3. The summed E-state index contributed by atoms with van der Waals surface area (Å²) in [4.78, 5) is 5.64. The molecule has 0 bridgehead atoms. The first-order valence-electron chi connectivity index (χ1n) is 7.67. The van der Waals surface area contributed by atoms with Crippen LogP contribution in [0.3, 0.4) is 0 Å². The van der Waals surface area contributed by atoms with Gasteiger partial charge in [0.1, 0.15) is 5.75 Å². The van der Waals surface area contributed by atoms with Gasteiger partial charge in [-0.15, -0.1) is 0 Å². The van der Waals surface area contributed by atoms with Crippen molar-refractivity contribution in [1.82, 2.24) is 9.55 Å². The maximum atomic E-state index is 5.60. The van der Waals surface area contributed by atoms with Gasteiger partial charge in [-0.25, -0.2) is 0 Å². The van der Waals surface area contributed by atoms with Gasteiger partial charge in [-0.2, -0.15) is 0 Å². The maximum Gasteiger partial charge on any atom is 0.119 e. The van der Waals surface area contributed by atoms with Gasteiger partial charge in [0.15, 0.2) is 0 Å². The third-order valence-electron chi connectivity index (χ3n) is 4.23. The number of nitrogens with zero attached hydrogens (tertiary/aromatic N) is 2. The van der Waals surface area contributed by atoms with E-state index in [9.17, 15) is 0 Å². The molecule has 2 aromatic carbocycles. The monoisotopic (exact) mass is 335 g/mol. The molecule has 2 N–H and O–H groups in total. The van der Waals surface area contributed by atoms with Crippen molar-refractivity contribution < 1.29 is 4.74 Å². The van der Waals surface area contributed by atoms with Gasteiger partial charge in [0, 0.05) is 23.0 Å². The Bertz CT molecular complexity index is 1010. The topological polar surface area (TPSA) is 53.1 Å². The van der Waals surface area contributed by atoms with E-state index in [1.54, 1.807) is 7.11 Å². The Morgan fingerprint density at radius 2 is 1.92 bits per heavy atom. The highest BCUT2D eigenvalue weighted by Crippen LogP contribution is 2.31. The summed E-state index contributed by atoms with van der Waals surface area (Å²) >= 11 is 1.26. The fraction of sp³-hybridized carbons (Fsp3) is 0.105. The zero-order valence-electron chi connectivity index (χ0n) is 13.3. The summed E-state index contributed by atoms with van der Waals surface area (Å²) in [6, 6.07) is 18.6. The molecule has 0 saturated carbocycles. The number of aromatic nitrogens is 2. The van der Waals surface area contributed by atoms with E-state index in [0.29, 0.717) is 0 Å². The Kier molecular flexibility index (Phi) is 3.88. The van der Waals surface area contributed by atoms with Gasteiger partial charge in [0.25, 0.3) is 0 Å². The first-order valence-corrected chi connectivity index (χ1v) is 8.55. The fourth-order valence-electron chi connectivity index (χ4n) is 3.05. The second-order valence-corrected chi connectivity index (χ2v) is 6.31. The Morgan fingerprint density at radius 3 is 2.67 bits per heavy atom. The molecular weight excluding hydrogens is 318 g/mol. The Morgan fingerprint density at radius 1 is 1.08 bits per heavy atom. The number of methoxy groups -OCH3 is 1. The van der Waals surface area contributed by atoms with Crippen molar-refractivity contribution >= 4 is 33.9 Å². The molecule has 0 atom stereocenters. The van der Waals surface area contributed by atoms with Gasteiger partial charge in [-0.3, -0.25) is 10.1 Å². The van der Waals surface area contributed by atoms with Crippen molar-refractivity contribution in [2.45, 2.75) is 11.4 Å². The van der Waals surface area contributed by atoms with Crippen molar-refractivity contribution in [1.29, 1.82) is 0 Å². The Balaban J connectivity index is 1.88. The average molecular weight is 335 g/mol. The lowest BCUT2D eigenvalue weighted by Gasteiger charge is -2.08. The Hall–Kier alpha value is -2.50. The van der Waals surface area contributed by atoms with E-state index in [2.05, 4.69) is 52.0 Å². The van der Waals surface area contributed by atoms with Crippen LogP contribution in [0.25, 0.3) is 21.9 Å². The number of nitrogens with two attached hydrogens (primary N) is 1. The molecule has 5 heteroatoms. The lowest BCUT2D eigenvalue weighted by molar-refractivity contribution is 0.415. The van der Waals surface area contributed by atoms with Crippen LogP contribution in [0, 0.1) is 0 Å². The Labute approximate surface area is 144 Å². The highest BCUT2D eigenvalue weighted by molar-refractivity contribution is 7.97. The smallest absolute Gasteiger partial charge is 0.119 e. The molecule has 0 unspecified atom stereocenters. The molecule has 0 saturated heterocycles. The predicted octanol–water partition coefficient (Wildman–Crippen LogP) is 4.21. The summed E-state index contributed by atoms with van der Waals surface area (Å²) in [5, 5.41) is 6.71. The van der Waals surface area contributed by atoms with Crippen LogP contribution < -0.4 is 9.88 Å². The van der Waals surface area contributed by atoms with Crippen molar-refractivity contribution in [3.05, 3.63) is 66.4 Å². The molecule has 0 aliphatic carbocycles. The molecule has 0 radical (unpaired) electrons. The first-order chi connectivity index (χ1) is 11.8. The van der Waals surface area contributed by atoms with Gasteiger partial charge < -0.3 is 9.30 Å². The highest BCUT2D eigenvalue weighted by atomic mass is 32.2. The summed E-state index contributed by atoms with van der Waals surface area (Å²) in [6.45, 7) is 0.785. The van der Waals surface area contributed by atoms with Gasteiger partial charge in [-0.05, 0) is 60.0 Å².